The van der Waals surface area contributed by atoms with E-state index in [1.165, 1.54) is 0 Å². The summed E-state index contributed by atoms with van der Waals surface area (Å²) in [4.78, 5) is 21.1. The van der Waals surface area contributed by atoms with Crippen molar-refractivity contribution >= 4 is 33.1 Å². The smallest absolute Gasteiger partial charge is 0.253 e. The number of aryl methyl sites for hydroxylation is 1. The third-order valence-electron chi connectivity index (χ3n) is 5.44. The summed E-state index contributed by atoms with van der Waals surface area (Å²) in [5, 5.41) is 6.74. The maximum atomic E-state index is 12.4. The number of rotatable bonds is 5. The number of imidazole rings is 1. The lowest BCUT2D eigenvalue weighted by atomic mass is 9.69. The number of aromatic nitrogens is 3. The van der Waals surface area contributed by atoms with E-state index in [4.69, 9.17) is 15.7 Å². The quantitative estimate of drug-likeness (QED) is 0.665. The monoisotopic (exact) mass is 383 g/mol. The lowest BCUT2D eigenvalue weighted by Crippen LogP contribution is -2.40. The van der Waals surface area contributed by atoms with Crippen LogP contribution in [0, 0.1) is 6.92 Å². The van der Waals surface area contributed by atoms with E-state index in [9.17, 15) is 4.79 Å². The minimum absolute atomic E-state index is 0.0530. The van der Waals surface area contributed by atoms with Crippen LogP contribution in [0.15, 0.2) is 42.7 Å². The zero-order valence-corrected chi connectivity index (χ0v) is 16.5. The van der Waals surface area contributed by atoms with Gasteiger partial charge in [-0.3, -0.25) is 14.2 Å². The molecular weight excluding hydrogens is 360 g/mol. The number of hydrogen-bond donors (Lipinski definition) is 2. The molecule has 1 fully saturated rings. The Morgan fingerprint density at radius 1 is 1.14 bits per heavy atom. The van der Waals surface area contributed by atoms with Gasteiger partial charge in [0.25, 0.3) is 5.91 Å². The number of pyridine rings is 2. The zero-order chi connectivity index (χ0) is 20.4. The molecule has 4 rings (SSSR count). The van der Waals surface area contributed by atoms with Crippen molar-refractivity contribution in [3.8, 4) is 0 Å². The third kappa shape index (κ3) is 4.47. The third-order valence-corrected chi connectivity index (χ3v) is 5.44. The minimum Gasteiger partial charge on any atom is -0.368 e. The summed E-state index contributed by atoms with van der Waals surface area (Å²) in [6.45, 7) is 1.91. The highest BCUT2D eigenvalue weighted by Gasteiger charge is 2.23. The summed E-state index contributed by atoms with van der Waals surface area (Å²) >= 11 is 0. The standard InChI is InChI=1S/C21H23B2N5O/c1-13-5-6-14(11-24-13)21(29)26-16-9-7-15(8-10-16)25-18-3-2-4-19-27-17(20(22)23)12-28(18)19/h2-6,11-12,15-16,20,25H,7-10H2,1H3,(H,26,29). The zero-order valence-electron chi connectivity index (χ0n) is 16.5. The SMILES string of the molecule is [B]C([B])c1cn2c(NC3CCC(NC(=O)c4ccc(C)nc4)CC3)cccc2n1. The molecule has 1 aliphatic carbocycles. The lowest BCUT2D eigenvalue weighted by molar-refractivity contribution is 0.0926. The highest BCUT2D eigenvalue weighted by Crippen LogP contribution is 2.24. The fraction of sp³-hybridized carbons (Fsp3) is 0.381. The van der Waals surface area contributed by atoms with E-state index < -0.39 is 5.72 Å². The predicted octanol–water partition coefficient (Wildman–Crippen LogP) is 2.53. The molecule has 0 spiro atoms. The number of carbonyl (C=O) groups is 1. The van der Waals surface area contributed by atoms with E-state index >= 15 is 0 Å². The number of carbonyl (C=O) groups excluding carboxylic acids is 1. The number of nitrogens with zero attached hydrogens (tertiary/aromatic N) is 3. The molecule has 0 unspecified atom stereocenters. The van der Waals surface area contributed by atoms with E-state index in [-0.39, 0.29) is 11.9 Å². The Bertz CT molecular complexity index is 994. The molecule has 29 heavy (non-hydrogen) atoms. The van der Waals surface area contributed by atoms with Gasteiger partial charge >= 0.3 is 0 Å². The van der Waals surface area contributed by atoms with Crippen LogP contribution in [0.2, 0.25) is 0 Å². The van der Waals surface area contributed by atoms with Crippen molar-refractivity contribution in [2.75, 3.05) is 5.32 Å². The van der Waals surface area contributed by atoms with Gasteiger partial charge in [0.15, 0.2) is 0 Å². The van der Waals surface area contributed by atoms with Gasteiger partial charge in [-0.15, -0.1) is 0 Å². The molecule has 0 atom stereocenters. The molecule has 3 aromatic rings. The maximum Gasteiger partial charge on any atom is 0.253 e. The highest BCUT2D eigenvalue weighted by molar-refractivity contribution is 6.35. The molecule has 6 nitrogen and oxygen atoms in total. The Balaban J connectivity index is 1.35. The van der Waals surface area contributed by atoms with E-state index in [0.717, 1.165) is 42.8 Å². The molecule has 0 saturated heterocycles. The van der Waals surface area contributed by atoms with Crippen LogP contribution in [0.1, 0.15) is 53.1 Å². The predicted molar refractivity (Wildman–Crippen MR) is 116 cm³/mol. The number of fused-ring (bicyclic) bond motifs is 1. The maximum absolute atomic E-state index is 12.4. The van der Waals surface area contributed by atoms with Crippen molar-refractivity contribution < 1.29 is 4.79 Å². The fourth-order valence-electron chi connectivity index (χ4n) is 3.77. The van der Waals surface area contributed by atoms with E-state index in [1.54, 1.807) is 6.20 Å². The summed E-state index contributed by atoms with van der Waals surface area (Å²) in [7, 11) is 11.5. The summed E-state index contributed by atoms with van der Waals surface area (Å²) in [6, 6.07) is 10.1. The summed E-state index contributed by atoms with van der Waals surface area (Å²) in [5.41, 5.74) is 2.40. The number of hydrogen-bond acceptors (Lipinski definition) is 4. The molecule has 3 heterocycles. The first-order valence-electron chi connectivity index (χ1n) is 9.99. The first-order chi connectivity index (χ1) is 14.0. The molecule has 0 aromatic carbocycles. The lowest BCUT2D eigenvalue weighted by Gasteiger charge is -2.30. The van der Waals surface area contributed by atoms with Gasteiger partial charge < -0.3 is 10.6 Å². The molecule has 4 radical (unpaired) electrons. The van der Waals surface area contributed by atoms with Crippen molar-refractivity contribution in [2.45, 2.75) is 50.4 Å². The van der Waals surface area contributed by atoms with Crippen LogP contribution in [0.3, 0.4) is 0 Å². The van der Waals surface area contributed by atoms with Gasteiger partial charge in [0, 0.05) is 35.9 Å². The van der Waals surface area contributed by atoms with Crippen molar-refractivity contribution in [3.05, 3.63) is 59.7 Å². The van der Waals surface area contributed by atoms with Crippen LogP contribution in [-0.4, -0.2) is 48.1 Å². The van der Waals surface area contributed by atoms with Crippen molar-refractivity contribution in [2.24, 2.45) is 0 Å². The number of anilines is 1. The molecular formula is C21H23B2N5O. The summed E-state index contributed by atoms with van der Waals surface area (Å²) < 4.78 is 1.99. The number of amides is 1. The molecule has 0 aliphatic heterocycles. The van der Waals surface area contributed by atoms with Crippen molar-refractivity contribution in [3.63, 3.8) is 0 Å². The van der Waals surface area contributed by atoms with Crippen molar-refractivity contribution in [1.29, 1.82) is 0 Å². The molecule has 3 aromatic heterocycles. The first-order valence-corrected chi connectivity index (χ1v) is 9.99. The van der Waals surface area contributed by atoms with Gasteiger partial charge in [-0.2, -0.15) is 0 Å². The molecule has 8 heteroatoms. The summed E-state index contributed by atoms with van der Waals surface area (Å²) in [5.74, 6) is 0.919. The fourth-order valence-corrected chi connectivity index (χ4v) is 3.77. The second-order valence-electron chi connectivity index (χ2n) is 7.69. The Morgan fingerprint density at radius 2 is 1.90 bits per heavy atom. The Morgan fingerprint density at radius 3 is 2.59 bits per heavy atom. The van der Waals surface area contributed by atoms with Crippen LogP contribution < -0.4 is 10.6 Å². The molecule has 1 saturated carbocycles. The second kappa shape index (κ2) is 8.31. The van der Waals surface area contributed by atoms with Gasteiger partial charge in [-0.25, -0.2) is 4.98 Å². The van der Waals surface area contributed by atoms with Crippen LogP contribution in [0.4, 0.5) is 5.82 Å². The van der Waals surface area contributed by atoms with Gasteiger partial charge in [-0.1, -0.05) is 11.8 Å². The highest BCUT2D eigenvalue weighted by atomic mass is 16.1. The normalized spacial score (nSPS) is 19.4. The van der Waals surface area contributed by atoms with Crippen LogP contribution >= 0.6 is 0 Å². The van der Waals surface area contributed by atoms with Gasteiger partial charge in [0.1, 0.15) is 11.5 Å². The molecule has 1 aliphatic rings. The van der Waals surface area contributed by atoms with Crippen molar-refractivity contribution in [1.82, 2.24) is 19.7 Å². The van der Waals surface area contributed by atoms with Crippen LogP contribution in [0.25, 0.3) is 5.65 Å². The Labute approximate surface area is 173 Å². The molecule has 2 N–H and O–H groups in total. The molecule has 1 amide bonds. The topological polar surface area (TPSA) is 71.3 Å². The summed E-state index contributed by atoms with van der Waals surface area (Å²) in [6.07, 6.45) is 7.33. The van der Waals surface area contributed by atoms with E-state index in [0.29, 0.717) is 17.3 Å². The van der Waals surface area contributed by atoms with E-state index in [1.807, 2.05) is 47.9 Å². The molecule has 144 valence electrons. The number of nitrogens with one attached hydrogen (secondary N) is 2. The largest absolute Gasteiger partial charge is 0.368 e. The van der Waals surface area contributed by atoms with Gasteiger partial charge in [-0.05, 0) is 56.9 Å². The average molecular weight is 383 g/mol. The van der Waals surface area contributed by atoms with Crippen LogP contribution in [-0.2, 0) is 0 Å². The first kappa shape index (κ1) is 19.6. The van der Waals surface area contributed by atoms with E-state index in [2.05, 4.69) is 20.6 Å². The van der Waals surface area contributed by atoms with Gasteiger partial charge in [0.05, 0.1) is 21.3 Å². The average Bonchev–Trinajstić information content (AvgIpc) is 3.16. The Kier molecular flexibility index (Phi) is 5.60. The minimum atomic E-state index is -0.592. The molecule has 0 bridgehead atoms. The van der Waals surface area contributed by atoms with Crippen LogP contribution in [0.5, 0.6) is 0 Å². The van der Waals surface area contributed by atoms with Gasteiger partial charge in [0.2, 0.25) is 0 Å². The second-order valence-corrected chi connectivity index (χ2v) is 7.69. The Hall–Kier alpha value is -2.76.